The first-order valence-corrected chi connectivity index (χ1v) is 8.92. The van der Waals surface area contributed by atoms with Crippen molar-refractivity contribution in [3.63, 3.8) is 0 Å². The molecule has 3 aromatic carbocycles. The van der Waals surface area contributed by atoms with Crippen LogP contribution in [0.2, 0.25) is 0 Å². The molecular weight excluding hydrogens is 334 g/mol. The predicted molar refractivity (Wildman–Crippen MR) is 107 cm³/mol. The van der Waals surface area contributed by atoms with Gasteiger partial charge in [-0.2, -0.15) is 0 Å². The number of nitrogens with zero attached hydrogens (tertiary/aromatic N) is 1. The molecule has 0 unspecified atom stereocenters. The normalized spacial score (nSPS) is 10.7. The molecule has 3 heteroatoms. The summed E-state index contributed by atoms with van der Waals surface area (Å²) in [4.78, 5) is 17.0. The van der Waals surface area contributed by atoms with E-state index in [0.29, 0.717) is 18.6 Å². The van der Waals surface area contributed by atoms with Gasteiger partial charge in [-0.1, -0.05) is 54.6 Å². The van der Waals surface area contributed by atoms with Crippen LogP contribution in [0, 0.1) is 0 Å². The van der Waals surface area contributed by atoms with E-state index in [2.05, 4.69) is 4.98 Å². The number of rotatable bonds is 6. The highest BCUT2D eigenvalue weighted by Gasteiger charge is 2.07. The van der Waals surface area contributed by atoms with Crippen LogP contribution in [0.15, 0.2) is 91.0 Å². The van der Waals surface area contributed by atoms with Gasteiger partial charge in [0, 0.05) is 17.4 Å². The first-order chi connectivity index (χ1) is 13.3. The van der Waals surface area contributed by atoms with Crippen molar-refractivity contribution >= 4 is 16.7 Å². The zero-order chi connectivity index (χ0) is 18.5. The van der Waals surface area contributed by atoms with Gasteiger partial charge in [0.05, 0.1) is 11.2 Å². The van der Waals surface area contributed by atoms with Gasteiger partial charge in [0.2, 0.25) is 0 Å². The summed E-state index contributed by atoms with van der Waals surface area (Å²) in [6, 6.07) is 29.1. The van der Waals surface area contributed by atoms with E-state index in [4.69, 9.17) is 4.74 Å². The Balaban J connectivity index is 1.39. The van der Waals surface area contributed by atoms with E-state index in [0.717, 1.165) is 27.9 Å². The fraction of sp³-hybridized carbons (Fsp3) is 0.0833. The number of para-hydroxylation sites is 1. The van der Waals surface area contributed by atoms with Crippen molar-refractivity contribution in [2.45, 2.75) is 13.0 Å². The number of carbonyl (C=O) groups is 1. The summed E-state index contributed by atoms with van der Waals surface area (Å²) in [7, 11) is 0. The number of Topliss-reactive ketones (excluding diaryl/α,β-unsaturated/α-hetero) is 1. The molecule has 0 saturated carbocycles. The largest absolute Gasteiger partial charge is 0.487 e. The van der Waals surface area contributed by atoms with E-state index in [9.17, 15) is 4.79 Å². The summed E-state index contributed by atoms with van der Waals surface area (Å²) in [5.41, 5.74) is 3.54. The minimum Gasteiger partial charge on any atom is -0.487 e. The summed E-state index contributed by atoms with van der Waals surface area (Å²) in [5.74, 6) is 0.824. The zero-order valence-electron chi connectivity index (χ0n) is 14.8. The second kappa shape index (κ2) is 7.83. The monoisotopic (exact) mass is 353 g/mol. The van der Waals surface area contributed by atoms with Gasteiger partial charge in [-0.25, -0.2) is 4.98 Å². The summed E-state index contributed by atoms with van der Waals surface area (Å²) < 4.78 is 5.82. The van der Waals surface area contributed by atoms with Gasteiger partial charge in [-0.3, -0.25) is 4.79 Å². The lowest BCUT2D eigenvalue weighted by Gasteiger charge is -2.08. The van der Waals surface area contributed by atoms with Crippen LogP contribution in [0.5, 0.6) is 5.75 Å². The number of fused-ring (bicyclic) bond motifs is 1. The van der Waals surface area contributed by atoms with Crippen LogP contribution in [0.3, 0.4) is 0 Å². The Morgan fingerprint density at radius 1 is 0.778 bits per heavy atom. The smallest absolute Gasteiger partial charge is 0.167 e. The van der Waals surface area contributed by atoms with Crippen molar-refractivity contribution in [1.82, 2.24) is 4.98 Å². The minimum atomic E-state index is 0.101. The van der Waals surface area contributed by atoms with Crippen LogP contribution in [0.4, 0.5) is 0 Å². The molecule has 4 rings (SSSR count). The average Bonchev–Trinajstić information content (AvgIpc) is 2.73. The number of aromatic nitrogens is 1. The quantitative estimate of drug-likeness (QED) is 0.445. The van der Waals surface area contributed by atoms with Gasteiger partial charge < -0.3 is 4.74 Å². The van der Waals surface area contributed by atoms with Crippen molar-refractivity contribution in [3.8, 4) is 5.75 Å². The van der Waals surface area contributed by atoms with Crippen molar-refractivity contribution in [2.24, 2.45) is 0 Å². The topological polar surface area (TPSA) is 39.2 Å². The molecule has 3 nitrogen and oxygen atoms in total. The van der Waals surface area contributed by atoms with Gasteiger partial charge in [-0.15, -0.1) is 0 Å². The van der Waals surface area contributed by atoms with Crippen molar-refractivity contribution in [3.05, 3.63) is 108 Å². The summed E-state index contributed by atoms with van der Waals surface area (Å²) >= 11 is 0. The second-order valence-corrected chi connectivity index (χ2v) is 6.39. The summed E-state index contributed by atoms with van der Waals surface area (Å²) in [6.45, 7) is 0.391. The van der Waals surface area contributed by atoms with Gasteiger partial charge in [0.1, 0.15) is 12.4 Å². The Morgan fingerprint density at radius 2 is 1.52 bits per heavy atom. The van der Waals surface area contributed by atoms with Gasteiger partial charge in [0.15, 0.2) is 5.78 Å². The average molecular weight is 353 g/mol. The van der Waals surface area contributed by atoms with Gasteiger partial charge in [0.25, 0.3) is 0 Å². The Hall–Kier alpha value is -3.46. The molecule has 0 amide bonds. The molecular formula is C24H19NO2. The fourth-order valence-electron chi connectivity index (χ4n) is 2.97. The van der Waals surface area contributed by atoms with Crippen molar-refractivity contribution < 1.29 is 9.53 Å². The number of benzene rings is 3. The SMILES string of the molecule is O=C(Cc1ccccc1)c1ccc(OCc2ccc3ccccc3n2)cc1. The van der Waals surface area contributed by atoms with E-state index in [1.54, 1.807) is 0 Å². The van der Waals surface area contributed by atoms with Crippen LogP contribution >= 0.6 is 0 Å². The van der Waals surface area contributed by atoms with Crippen LogP contribution in [-0.4, -0.2) is 10.8 Å². The molecule has 1 heterocycles. The zero-order valence-corrected chi connectivity index (χ0v) is 14.8. The highest BCUT2D eigenvalue weighted by molar-refractivity contribution is 5.97. The number of hydrogen-bond donors (Lipinski definition) is 0. The molecule has 0 N–H and O–H groups in total. The first kappa shape index (κ1) is 17.0. The maximum absolute atomic E-state index is 12.4. The predicted octanol–water partition coefficient (Wildman–Crippen LogP) is 5.24. The fourth-order valence-corrected chi connectivity index (χ4v) is 2.97. The first-order valence-electron chi connectivity index (χ1n) is 8.92. The molecule has 0 spiro atoms. The van der Waals surface area contributed by atoms with Crippen molar-refractivity contribution in [1.29, 1.82) is 0 Å². The maximum atomic E-state index is 12.4. The third kappa shape index (κ3) is 4.21. The molecule has 0 aliphatic heterocycles. The number of hydrogen-bond acceptors (Lipinski definition) is 3. The standard InChI is InChI=1S/C24H19NO2/c26-24(16-18-6-2-1-3-7-18)20-11-14-22(15-12-20)27-17-21-13-10-19-8-4-5-9-23(19)25-21/h1-15H,16-17H2. The molecule has 0 aliphatic rings. The van der Waals surface area contributed by atoms with E-state index >= 15 is 0 Å². The lowest BCUT2D eigenvalue weighted by atomic mass is 10.0. The van der Waals surface area contributed by atoms with Crippen LogP contribution in [0.1, 0.15) is 21.6 Å². The Morgan fingerprint density at radius 3 is 2.33 bits per heavy atom. The molecule has 0 fully saturated rings. The van der Waals surface area contributed by atoms with Crippen LogP contribution in [0.25, 0.3) is 10.9 Å². The third-order valence-corrected chi connectivity index (χ3v) is 4.43. The molecule has 0 aliphatic carbocycles. The Bertz CT molecular complexity index is 1060. The highest BCUT2D eigenvalue weighted by atomic mass is 16.5. The number of ketones is 1. The third-order valence-electron chi connectivity index (χ3n) is 4.43. The van der Waals surface area contributed by atoms with Gasteiger partial charge >= 0.3 is 0 Å². The molecule has 0 radical (unpaired) electrons. The molecule has 4 aromatic rings. The van der Waals surface area contributed by atoms with E-state index in [1.807, 2.05) is 91.0 Å². The molecule has 27 heavy (non-hydrogen) atoms. The summed E-state index contributed by atoms with van der Waals surface area (Å²) in [6.07, 6.45) is 0.405. The number of carbonyl (C=O) groups excluding carboxylic acids is 1. The minimum absolute atomic E-state index is 0.101. The lowest BCUT2D eigenvalue weighted by molar-refractivity contribution is 0.0993. The Kier molecular flexibility index (Phi) is 4.93. The van der Waals surface area contributed by atoms with E-state index in [1.165, 1.54) is 0 Å². The molecule has 0 saturated heterocycles. The summed E-state index contributed by atoms with van der Waals surface area (Å²) in [5, 5.41) is 1.11. The van der Waals surface area contributed by atoms with Crippen LogP contribution in [-0.2, 0) is 13.0 Å². The maximum Gasteiger partial charge on any atom is 0.167 e. The van der Waals surface area contributed by atoms with E-state index < -0.39 is 0 Å². The van der Waals surface area contributed by atoms with Crippen LogP contribution < -0.4 is 4.74 Å². The molecule has 132 valence electrons. The lowest BCUT2D eigenvalue weighted by Crippen LogP contribution is -2.03. The molecule has 1 aromatic heterocycles. The van der Waals surface area contributed by atoms with E-state index in [-0.39, 0.29) is 5.78 Å². The molecule has 0 atom stereocenters. The number of ether oxygens (including phenoxy) is 1. The van der Waals surface area contributed by atoms with Crippen molar-refractivity contribution in [2.75, 3.05) is 0 Å². The highest BCUT2D eigenvalue weighted by Crippen LogP contribution is 2.17. The van der Waals surface area contributed by atoms with Gasteiger partial charge in [-0.05, 0) is 42.0 Å². The Labute approximate surface area is 158 Å². The second-order valence-electron chi connectivity index (χ2n) is 6.39. The molecule has 0 bridgehead atoms. The number of pyridine rings is 1.